The molecule has 0 aliphatic rings. The minimum absolute atomic E-state index is 0.115. The predicted molar refractivity (Wildman–Crippen MR) is 98.1 cm³/mol. The van der Waals surface area contributed by atoms with E-state index >= 15 is 0 Å². The Hall–Kier alpha value is -2.15. The van der Waals surface area contributed by atoms with Gasteiger partial charge in [0.05, 0.1) is 12.1 Å². The van der Waals surface area contributed by atoms with Gasteiger partial charge in [-0.1, -0.05) is 26.8 Å². The smallest absolute Gasteiger partial charge is 0.331 e. The molecule has 0 spiro atoms. The summed E-state index contributed by atoms with van der Waals surface area (Å²) in [6.07, 6.45) is 2.94. The molecule has 0 saturated heterocycles. The SMILES string of the molecule is C=C[C@@H](/C=C(\C)C(=O)O)N(C)C(=O)[C@@H](NC(=O)[C@@H](C)NC)C(C)(C)C. The highest BCUT2D eigenvalue weighted by Gasteiger charge is 2.36. The summed E-state index contributed by atoms with van der Waals surface area (Å²) in [7, 11) is 3.23. The number of likely N-dealkylation sites (N-methyl/N-ethyl adjacent to an activating group) is 2. The highest BCUT2D eigenvalue weighted by Crippen LogP contribution is 2.22. The summed E-state index contributed by atoms with van der Waals surface area (Å²) in [6.45, 7) is 12.4. The van der Waals surface area contributed by atoms with Crippen molar-refractivity contribution in [2.75, 3.05) is 14.1 Å². The van der Waals surface area contributed by atoms with Crippen LogP contribution < -0.4 is 10.6 Å². The Morgan fingerprint density at radius 3 is 2.12 bits per heavy atom. The van der Waals surface area contributed by atoms with E-state index in [-0.39, 0.29) is 17.4 Å². The summed E-state index contributed by atoms with van der Waals surface area (Å²) < 4.78 is 0. The fourth-order valence-corrected chi connectivity index (χ4v) is 2.06. The first kappa shape index (κ1) is 22.9. The number of aliphatic carboxylic acids is 1. The van der Waals surface area contributed by atoms with Crippen molar-refractivity contribution in [3.63, 3.8) is 0 Å². The average Bonchev–Trinajstić information content (AvgIpc) is 2.53. The molecule has 0 heterocycles. The van der Waals surface area contributed by atoms with E-state index in [0.717, 1.165) is 0 Å². The third-order valence-corrected chi connectivity index (χ3v) is 4.02. The number of hydrogen-bond acceptors (Lipinski definition) is 4. The second-order valence-electron chi connectivity index (χ2n) is 7.15. The van der Waals surface area contributed by atoms with Crippen molar-refractivity contribution >= 4 is 17.8 Å². The molecule has 0 radical (unpaired) electrons. The predicted octanol–water partition coefficient (Wildman–Crippen LogP) is 1.17. The Kier molecular flexibility index (Phi) is 8.56. The van der Waals surface area contributed by atoms with Crippen LogP contribution in [-0.2, 0) is 14.4 Å². The van der Waals surface area contributed by atoms with Gasteiger partial charge in [0.1, 0.15) is 6.04 Å². The number of carboxylic acids is 1. The summed E-state index contributed by atoms with van der Waals surface area (Å²) in [5.41, 5.74) is -0.407. The van der Waals surface area contributed by atoms with Crippen molar-refractivity contribution in [1.29, 1.82) is 0 Å². The van der Waals surface area contributed by atoms with Crippen molar-refractivity contribution in [2.24, 2.45) is 5.41 Å². The van der Waals surface area contributed by atoms with Gasteiger partial charge < -0.3 is 20.6 Å². The van der Waals surface area contributed by atoms with Gasteiger partial charge in [-0.05, 0) is 32.4 Å². The summed E-state index contributed by atoms with van der Waals surface area (Å²) in [6, 6.07) is -1.79. The van der Waals surface area contributed by atoms with Gasteiger partial charge in [-0.2, -0.15) is 0 Å². The standard InChI is InChI=1S/C18H31N3O4/c1-9-13(10-11(2)17(24)25)21(8)16(23)14(18(4,5)6)20-15(22)12(3)19-7/h9-10,12-14,19H,1H2,2-8H3,(H,20,22)(H,24,25)/b11-10+/t12-,13+,14-/m1/s1. The van der Waals surface area contributed by atoms with Gasteiger partial charge in [0.2, 0.25) is 11.8 Å². The van der Waals surface area contributed by atoms with Crippen molar-refractivity contribution in [3.8, 4) is 0 Å². The van der Waals surface area contributed by atoms with Crippen LogP contribution in [0.5, 0.6) is 0 Å². The number of nitrogens with zero attached hydrogens (tertiary/aromatic N) is 1. The molecule has 3 N–H and O–H groups in total. The Balaban J connectivity index is 5.56. The van der Waals surface area contributed by atoms with Gasteiger partial charge in [-0.3, -0.25) is 9.59 Å². The van der Waals surface area contributed by atoms with E-state index < -0.39 is 29.5 Å². The van der Waals surface area contributed by atoms with Crippen molar-refractivity contribution in [1.82, 2.24) is 15.5 Å². The summed E-state index contributed by atoms with van der Waals surface area (Å²) in [5.74, 6) is -1.66. The molecule has 0 aromatic carbocycles. The third kappa shape index (κ3) is 6.70. The molecule has 142 valence electrons. The lowest BCUT2D eigenvalue weighted by Crippen LogP contribution is -2.57. The van der Waals surface area contributed by atoms with Crippen LogP contribution >= 0.6 is 0 Å². The van der Waals surface area contributed by atoms with E-state index in [4.69, 9.17) is 5.11 Å². The van der Waals surface area contributed by atoms with Gasteiger partial charge in [-0.15, -0.1) is 6.58 Å². The third-order valence-electron chi connectivity index (χ3n) is 4.02. The van der Waals surface area contributed by atoms with E-state index in [0.29, 0.717) is 0 Å². The second kappa shape index (κ2) is 9.36. The van der Waals surface area contributed by atoms with E-state index in [9.17, 15) is 14.4 Å². The number of nitrogens with one attached hydrogen (secondary N) is 2. The zero-order chi connectivity index (χ0) is 19.9. The van der Waals surface area contributed by atoms with Gasteiger partial charge in [0, 0.05) is 12.6 Å². The van der Waals surface area contributed by atoms with Gasteiger partial charge >= 0.3 is 5.97 Å². The normalized spacial score (nSPS) is 15.7. The van der Waals surface area contributed by atoms with E-state index in [2.05, 4.69) is 17.2 Å². The van der Waals surface area contributed by atoms with Crippen LogP contribution in [0.2, 0.25) is 0 Å². The maximum absolute atomic E-state index is 13.0. The van der Waals surface area contributed by atoms with Crippen molar-refractivity contribution < 1.29 is 19.5 Å². The molecular formula is C18H31N3O4. The van der Waals surface area contributed by atoms with Gasteiger partial charge in [0.25, 0.3) is 0 Å². The highest BCUT2D eigenvalue weighted by molar-refractivity contribution is 5.91. The largest absolute Gasteiger partial charge is 0.478 e. The first-order chi connectivity index (χ1) is 11.4. The molecule has 2 amide bonds. The van der Waals surface area contributed by atoms with Crippen LogP contribution in [0.1, 0.15) is 34.6 Å². The van der Waals surface area contributed by atoms with E-state index in [1.165, 1.54) is 24.0 Å². The minimum Gasteiger partial charge on any atom is -0.478 e. The molecule has 3 atom stereocenters. The molecule has 0 aromatic heterocycles. The Labute approximate surface area is 150 Å². The molecule has 0 aromatic rings. The van der Waals surface area contributed by atoms with Crippen LogP contribution in [0.15, 0.2) is 24.3 Å². The summed E-state index contributed by atoms with van der Waals surface area (Å²) in [4.78, 5) is 37.6. The number of rotatable bonds is 8. The Bertz CT molecular complexity index is 549. The van der Waals surface area contributed by atoms with E-state index in [1.54, 1.807) is 21.0 Å². The molecule has 0 aliphatic carbocycles. The number of carbonyl (C=O) groups excluding carboxylic acids is 2. The van der Waals surface area contributed by atoms with Crippen LogP contribution in [-0.4, -0.2) is 60.0 Å². The Morgan fingerprint density at radius 1 is 1.24 bits per heavy atom. The molecule has 7 heteroatoms. The van der Waals surface area contributed by atoms with Crippen LogP contribution in [0.4, 0.5) is 0 Å². The zero-order valence-electron chi connectivity index (χ0n) is 16.2. The molecule has 25 heavy (non-hydrogen) atoms. The highest BCUT2D eigenvalue weighted by atomic mass is 16.4. The lowest BCUT2D eigenvalue weighted by molar-refractivity contribution is -0.139. The molecule has 0 saturated carbocycles. The first-order valence-electron chi connectivity index (χ1n) is 8.15. The first-order valence-corrected chi connectivity index (χ1v) is 8.15. The number of carbonyl (C=O) groups is 3. The van der Waals surface area contributed by atoms with Crippen molar-refractivity contribution in [3.05, 3.63) is 24.3 Å². The molecule has 7 nitrogen and oxygen atoms in total. The maximum atomic E-state index is 13.0. The maximum Gasteiger partial charge on any atom is 0.331 e. The molecule has 0 rings (SSSR count). The average molecular weight is 353 g/mol. The van der Waals surface area contributed by atoms with Crippen LogP contribution in [0, 0.1) is 5.41 Å². The van der Waals surface area contributed by atoms with E-state index in [1.807, 2.05) is 20.8 Å². The van der Waals surface area contributed by atoms with Gasteiger partial charge in [-0.25, -0.2) is 4.79 Å². The zero-order valence-corrected chi connectivity index (χ0v) is 16.2. The number of carboxylic acid groups (broad SMARTS) is 1. The Morgan fingerprint density at radius 2 is 1.76 bits per heavy atom. The fraction of sp³-hybridized carbons (Fsp3) is 0.611. The van der Waals surface area contributed by atoms with Crippen LogP contribution in [0.25, 0.3) is 0 Å². The second-order valence-corrected chi connectivity index (χ2v) is 7.15. The summed E-state index contributed by atoms with van der Waals surface area (Å²) in [5, 5.41) is 14.6. The molecule has 0 aliphatic heterocycles. The van der Waals surface area contributed by atoms with Gasteiger partial charge in [0.15, 0.2) is 0 Å². The monoisotopic (exact) mass is 353 g/mol. The minimum atomic E-state index is -1.06. The van der Waals surface area contributed by atoms with Crippen molar-refractivity contribution in [2.45, 2.75) is 52.7 Å². The van der Waals surface area contributed by atoms with Crippen LogP contribution in [0.3, 0.4) is 0 Å². The summed E-state index contributed by atoms with van der Waals surface area (Å²) >= 11 is 0. The topological polar surface area (TPSA) is 98.7 Å². The fourth-order valence-electron chi connectivity index (χ4n) is 2.06. The quantitative estimate of drug-likeness (QED) is 0.449. The lowest BCUT2D eigenvalue weighted by atomic mass is 9.85. The molecular weight excluding hydrogens is 322 g/mol. The molecule has 0 unspecified atom stereocenters. The number of hydrogen-bond donors (Lipinski definition) is 3. The molecule has 0 fully saturated rings. The lowest BCUT2D eigenvalue weighted by Gasteiger charge is -2.36. The number of amides is 2. The molecule has 0 bridgehead atoms.